The zero-order valence-corrected chi connectivity index (χ0v) is 13.3. The van der Waals surface area contributed by atoms with Gasteiger partial charge in [-0.15, -0.1) is 0 Å². The number of halogens is 1. The van der Waals surface area contributed by atoms with E-state index in [9.17, 15) is 0 Å². The van der Waals surface area contributed by atoms with Gasteiger partial charge in [0.15, 0.2) is 0 Å². The van der Waals surface area contributed by atoms with Crippen molar-refractivity contribution in [3.05, 3.63) is 34.3 Å². The second-order valence-electron chi connectivity index (χ2n) is 5.32. The summed E-state index contributed by atoms with van der Waals surface area (Å²) in [5, 5.41) is 3.63. The second-order valence-corrected chi connectivity index (χ2v) is 6.24. The third kappa shape index (κ3) is 4.90. The lowest BCUT2D eigenvalue weighted by Gasteiger charge is -2.32. The summed E-state index contributed by atoms with van der Waals surface area (Å²) in [5.74, 6) is 0. The normalized spacial score (nSPS) is 23.5. The van der Waals surface area contributed by atoms with Crippen LogP contribution in [0.1, 0.15) is 44.6 Å². The van der Waals surface area contributed by atoms with Crippen LogP contribution in [0.3, 0.4) is 0 Å². The van der Waals surface area contributed by atoms with E-state index in [1.807, 2.05) is 0 Å². The number of nitrogens with one attached hydrogen (secondary N) is 1. The summed E-state index contributed by atoms with van der Waals surface area (Å²) >= 11 is 3.51. The number of hydrogen-bond donors (Lipinski definition) is 1. The fourth-order valence-electron chi connectivity index (χ4n) is 2.69. The first kappa shape index (κ1) is 15.0. The smallest absolute Gasteiger partial charge is 0.0732 e. The van der Waals surface area contributed by atoms with Crippen molar-refractivity contribution in [2.45, 2.75) is 57.8 Å². The Bertz CT molecular complexity index is 383. The van der Waals surface area contributed by atoms with Crippen molar-refractivity contribution in [3.8, 4) is 0 Å². The summed E-state index contributed by atoms with van der Waals surface area (Å²) in [4.78, 5) is 0. The van der Waals surface area contributed by atoms with Gasteiger partial charge >= 0.3 is 0 Å². The van der Waals surface area contributed by atoms with Gasteiger partial charge in [-0.1, -0.05) is 47.8 Å². The summed E-state index contributed by atoms with van der Waals surface area (Å²) in [6.45, 7) is 4.03. The first-order valence-corrected chi connectivity index (χ1v) is 8.18. The topological polar surface area (TPSA) is 21.3 Å². The molecule has 0 radical (unpaired) electrons. The molecule has 106 valence electrons. The van der Waals surface area contributed by atoms with Gasteiger partial charge < -0.3 is 10.1 Å². The number of rotatable bonds is 6. The Hall–Kier alpha value is -0.380. The molecule has 1 saturated carbocycles. The van der Waals surface area contributed by atoms with E-state index in [0.717, 1.165) is 11.0 Å². The van der Waals surface area contributed by atoms with Gasteiger partial charge in [0.1, 0.15) is 0 Å². The highest BCUT2D eigenvalue weighted by Crippen LogP contribution is 2.23. The summed E-state index contributed by atoms with van der Waals surface area (Å²) < 4.78 is 7.27. The molecule has 1 fully saturated rings. The minimum absolute atomic E-state index is 0.374. The SMILES string of the molecule is CCCNC1CCCCC1OCc1cccc(Br)c1. The molecular weight excluding hydrogens is 302 g/mol. The average molecular weight is 326 g/mol. The maximum absolute atomic E-state index is 6.15. The lowest BCUT2D eigenvalue weighted by Crippen LogP contribution is -2.43. The zero-order valence-electron chi connectivity index (χ0n) is 11.7. The Balaban J connectivity index is 1.85. The molecule has 0 aliphatic heterocycles. The van der Waals surface area contributed by atoms with Crippen molar-refractivity contribution < 1.29 is 4.74 Å². The molecule has 2 unspecified atom stereocenters. The molecule has 1 aliphatic rings. The van der Waals surface area contributed by atoms with Crippen LogP contribution in [0.25, 0.3) is 0 Å². The van der Waals surface area contributed by atoms with Crippen LogP contribution >= 0.6 is 15.9 Å². The molecule has 2 atom stereocenters. The molecule has 0 heterocycles. The highest BCUT2D eigenvalue weighted by molar-refractivity contribution is 9.10. The second kappa shape index (κ2) is 8.03. The number of hydrogen-bond acceptors (Lipinski definition) is 2. The van der Waals surface area contributed by atoms with Crippen LogP contribution in [0.5, 0.6) is 0 Å². The Kier molecular flexibility index (Phi) is 6.35. The van der Waals surface area contributed by atoms with Gasteiger partial charge in [0.2, 0.25) is 0 Å². The van der Waals surface area contributed by atoms with E-state index in [2.05, 4.69) is 52.4 Å². The van der Waals surface area contributed by atoms with Crippen molar-refractivity contribution in [1.82, 2.24) is 5.32 Å². The monoisotopic (exact) mass is 325 g/mol. The van der Waals surface area contributed by atoms with Crippen LogP contribution in [0.2, 0.25) is 0 Å². The third-order valence-corrected chi connectivity index (χ3v) is 4.21. The van der Waals surface area contributed by atoms with Crippen LogP contribution in [-0.4, -0.2) is 18.7 Å². The molecule has 0 bridgehead atoms. The fourth-order valence-corrected chi connectivity index (χ4v) is 3.14. The van der Waals surface area contributed by atoms with E-state index < -0.39 is 0 Å². The Morgan fingerprint density at radius 2 is 2.16 bits per heavy atom. The molecule has 1 aromatic rings. The predicted octanol–water partition coefficient (Wildman–Crippen LogP) is 4.28. The highest BCUT2D eigenvalue weighted by atomic mass is 79.9. The quantitative estimate of drug-likeness (QED) is 0.843. The minimum Gasteiger partial charge on any atom is -0.372 e. The van der Waals surface area contributed by atoms with Gasteiger partial charge in [0.05, 0.1) is 12.7 Å². The van der Waals surface area contributed by atoms with Gasteiger partial charge in [-0.2, -0.15) is 0 Å². The molecule has 1 aromatic carbocycles. The van der Waals surface area contributed by atoms with Crippen LogP contribution in [0, 0.1) is 0 Å². The van der Waals surface area contributed by atoms with Gasteiger partial charge in [-0.25, -0.2) is 0 Å². The lowest BCUT2D eigenvalue weighted by atomic mass is 9.92. The predicted molar refractivity (Wildman–Crippen MR) is 83.3 cm³/mol. The maximum Gasteiger partial charge on any atom is 0.0732 e. The molecule has 1 N–H and O–H groups in total. The molecule has 0 saturated heterocycles. The Morgan fingerprint density at radius 3 is 2.95 bits per heavy atom. The minimum atomic E-state index is 0.374. The lowest BCUT2D eigenvalue weighted by molar-refractivity contribution is -0.00539. The van der Waals surface area contributed by atoms with Crippen molar-refractivity contribution in [2.75, 3.05) is 6.54 Å². The van der Waals surface area contributed by atoms with Gasteiger partial charge in [-0.05, 0) is 43.5 Å². The van der Waals surface area contributed by atoms with E-state index in [-0.39, 0.29) is 0 Å². The van der Waals surface area contributed by atoms with Gasteiger partial charge in [0.25, 0.3) is 0 Å². The molecule has 0 amide bonds. The van der Waals surface area contributed by atoms with Crippen molar-refractivity contribution in [2.24, 2.45) is 0 Å². The van der Waals surface area contributed by atoms with Crippen LogP contribution < -0.4 is 5.32 Å². The van der Waals surface area contributed by atoms with E-state index in [0.29, 0.717) is 18.8 Å². The Labute approximate surface area is 125 Å². The molecular formula is C16H24BrNO. The number of benzene rings is 1. The molecule has 19 heavy (non-hydrogen) atoms. The van der Waals surface area contributed by atoms with Gasteiger partial charge in [-0.3, -0.25) is 0 Å². The van der Waals surface area contributed by atoms with Crippen molar-refractivity contribution >= 4 is 15.9 Å². The van der Waals surface area contributed by atoms with Crippen molar-refractivity contribution in [3.63, 3.8) is 0 Å². The highest BCUT2D eigenvalue weighted by Gasteiger charge is 2.24. The van der Waals surface area contributed by atoms with Crippen molar-refractivity contribution in [1.29, 1.82) is 0 Å². The standard InChI is InChI=1S/C16H24BrNO/c1-2-10-18-15-8-3-4-9-16(15)19-12-13-6-5-7-14(17)11-13/h5-7,11,15-16,18H,2-4,8-10,12H2,1H3. The summed E-state index contributed by atoms with van der Waals surface area (Å²) in [5.41, 5.74) is 1.24. The summed E-state index contributed by atoms with van der Waals surface area (Å²) in [7, 11) is 0. The largest absolute Gasteiger partial charge is 0.372 e. The molecule has 2 nitrogen and oxygen atoms in total. The van der Waals surface area contributed by atoms with E-state index >= 15 is 0 Å². The van der Waals surface area contributed by atoms with E-state index in [4.69, 9.17) is 4.74 Å². The Morgan fingerprint density at radius 1 is 1.32 bits per heavy atom. The molecule has 1 aliphatic carbocycles. The molecule has 0 spiro atoms. The van der Waals surface area contributed by atoms with Gasteiger partial charge in [0, 0.05) is 10.5 Å². The molecule has 2 rings (SSSR count). The summed E-state index contributed by atoms with van der Waals surface area (Å²) in [6, 6.07) is 8.92. The average Bonchev–Trinajstić information content (AvgIpc) is 2.44. The van der Waals surface area contributed by atoms with E-state index in [1.54, 1.807) is 0 Å². The van der Waals surface area contributed by atoms with E-state index in [1.165, 1.54) is 37.7 Å². The summed E-state index contributed by atoms with van der Waals surface area (Å²) in [6.07, 6.45) is 6.64. The third-order valence-electron chi connectivity index (χ3n) is 3.71. The first-order valence-electron chi connectivity index (χ1n) is 7.39. The number of ether oxygens (including phenoxy) is 1. The zero-order chi connectivity index (χ0) is 13.5. The van der Waals surface area contributed by atoms with Crippen LogP contribution in [0.15, 0.2) is 28.7 Å². The van der Waals surface area contributed by atoms with Crippen LogP contribution in [0.4, 0.5) is 0 Å². The fraction of sp³-hybridized carbons (Fsp3) is 0.625. The maximum atomic E-state index is 6.15. The first-order chi connectivity index (χ1) is 9.29. The molecule has 3 heteroatoms. The van der Waals surface area contributed by atoms with Crippen LogP contribution in [-0.2, 0) is 11.3 Å². The molecule has 0 aromatic heterocycles.